The van der Waals surface area contributed by atoms with Gasteiger partial charge in [-0.3, -0.25) is 9.59 Å². The molecule has 1 aromatic rings. The minimum Gasteiger partial charge on any atom is -0.325 e. The average molecular weight is 328 g/mol. The number of nitrogens with zero attached hydrogens (tertiary/aromatic N) is 3. The highest BCUT2D eigenvalue weighted by Gasteiger charge is 2.24. The Bertz CT molecular complexity index is 786. The topological polar surface area (TPSA) is 84.3 Å². The summed E-state index contributed by atoms with van der Waals surface area (Å²) in [5.74, 6) is -0.446. The van der Waals surface area contributed by atoms with E-state index in [0.717, 1.165) is 29.2 Å². The molecule has 3 rings (SSSR count). The number of nitrogens with one attached hydrogen (secondary N) is 1. The molecule has 0 fully saturated rings. The Labute approximate surface area is 137 Å². The van der Waals surface area contributed by atoms with Crippen LogP contribution in [-0.2, 0) is 11.2 Å². The molecule has 1 unspecified atom stereocenters. The van der Waals surface area contributed by atoms with Gasteiger partial charge in [0, 0.05) is 17.7 Å². The molecule has 0 bridgehead atoms. The summed E-state index contributed by atoms with van der Waals surface area (Å²) in [5.41, 5.74) is 2.94. The van der Waals surface area contributed by atoms with E-state index in [1.807, 2.05) is 19.9 Å². The number of rotatable bonds is 3. The second-order valence-corrected chi connectivity index (χ2v) is 6.21. The molecule has 0 saturated carbocycles. The smallest absolute Gasteiger partial charge is 0.291 e. The third-order valence-electron chi connectivity index (χ3n) is 3.68. The van der Waals surface area contributed by atoms with Crippen LogP contribution in [0.2, 0.25) is 0 Å². The molecule has 0 spiro atoms. The molecule has 1 aliphatic carbocycles. The molecule has 0 radical (unpaired) electrons. The van der Waals surface area contributed by atoms with Crippen molar-refractivity contribution in [3.05, 3.63) is 46.1 Å². The van der Waals surface area contributed by atoms with Crippen LogP contribution in [0.15, 0.2) is 40.6 Å². The average Bonchev–Trinajstić information content (AvgIpc) is 2.95. The predicted octanol–water partition coefficient (Wildman–Crippen LogP) is 2.22. The number of aromatic nitrogens is 2. The molecule has 1 aromatic heterocycles. The third-order valence-corrected chi connectivity index (χ3v) is 4.44. The van der Waals surface area contributed by atoms with Crippen LogP contribution in [0.5, 0.6) is 0 Å². The molecule has 1 atom stereocenters. The lowest BCUT2D eigenvalue weighted by atomic mass is 9.89. The molecule has 1 N–H and O–H groups in total. The lowest BCUT2D eigenvalue weighted by Gasteiger charge is -2.25. The first kappa shape index (κ1) is 15.5. The van der Waals surface area contributed by atoms with E-state index in [9.17, 15) is 9.59 Å². The van der Waals surface area contributed by atoms with Gasteiger partial charge in [0.1, 0.15) is 4.88 Å². The van der Waals surface area contributed by atoms with E-state index >= 15 is 0 Å². The largest absolute Gasteiger partial charge is 0.325 e. The van der Waals surface area contributed by atoms with Gasteiger partial charge in [-0.05, 0) is 37.0 Å². The molecule has 0 aromatic carbocycles. The highest BCUT2D eigenvalue weighted by Crippen LogP contribution is 2.26. The predicted molar refractivity (Wildman–Crippen MR) is 88.3 cm³/mol. The van der Waals surface area contributed by atoms with Crippen molar-refractivity contribution in [2.24, 2.45) is 10.9 Å². The Kier molecular flexibility index (Phi) is 4.29. The molecular weight excluding hydrogens is 312 g/mol. The van der Waals surface area contributed by atoms with E-state index < -0.39 is 0 Å². The number of fused-ring (bicyclic) bond motifs is 1. The maximum atomic E-state index is 12.3. The van der Waals surface area contributed by atoms with Crippen molar-refractivity contribution in [3.63, 3.8) is 0 Å². The number of aryl methyl sites for hydroxylation is 1. The van der Waals surface area contributed by atoms with E-state index in [-0.39, 0.29) is 17.7 Å². The Balaban J connectivity index is 1.85. The summed E-state index contributed by atoms with van der Waals surface area (Å²) in [6.45, 7) is 3.93. The monoisotopic (exact) mass is 328 g/mol. The first-order valence-corrected chi connectivity index (χ1v) is 8.19. The Morgan fingerprint density at radius 3 is 3.04 bits per heavy atom. The summed E-state index contributed by atoms with van der Waals surface area (Å²) in [4.78, 5) is 28.5. The van der Waals surface area contributed by atoms with Crippen molar-refractivity contribution in [2.45, 2.75) is 26.7 Å². The molecule has 6 nitrogen and oxygen atoms in total. The van der Waals surface area contributed by atoms with Crippen LogP contribution in [0.25, 0.3) is 0 Å². The summed E-state index contributed by atoms with van der Waals surface area (Å²) in [7, 11) is 0. The number of hydrogen-bond acceptors (Lipinski definition) is 5. The van der Waals surface area contributed by atoms with Crippen molar-refractivity contribution >= 4 is 29.1 Å². The Morgan fingerprint density at radius 1 is 1.43 bits per heavy atom. The SMILES string of the molecule is CCCc1nnsc1C(=O)N=C1C=CC2C(C)=CC(=O)NC2=C1. The fraction of sp³-hybridized carbons (Fsp3) is 0.312. The third kappa shape index (κ3) is 3.19. The van der Waals surface area contributed by atoms with Crippen LogP contribution in [0.4, 0.5) is 0 Å². The standard InChI is InChI=1S/C16H16N4O2S/c1-3-4-12-15(23-20-19-12)16(22)17-10-5-6-11-9(2)7-14(21)18-13(11)8-10/h5-8,11H,3-4H2,1-2H3,(H,18,21). The van der Waals surface area contributed by atoms with Crippen LogP contribution in [0.3, 0.4) is 0 Å². The highest BCUT2D eigenvalue weighted by molar-refractivity contribution is 7.08. The lowest BCUT2D eigenvalue weighted by molar-refractivity contribution is -0.116. The van der Waals surface area contributed by atoms with Crippen LogP contribution in [-0.4, -0.2) is 27.1 Å². The lowest BCUT2D eigenvalue weighted by Crippen LogP contribution is -2.32. The molecule has 118 valence electrons. The molecule has 2 aliphatic rings. The van der Waals surface area contributed by atoms with Gasteiger partial charge in [-0.15, -0.1) is 5.10 Å². The molecule has 1 aliphatic heterocycles. The van der Waals surface area contributed by atoms with Gasteiger partial charge >= 0.3 is 0 Å². The minimum absolute atomic E-state index is 0.0440. The number of carbonyl (C=O) groups is 2. The maximum absolute atomic E-state index is 12.3. The van der Waals surface area contributed by atoms with Crippen molar-refractivity contribution in [1.29, 1.82) is 0 Å². The van der Waals surface area contributed by atoms with Crippen molar-refractivity contribution in [1.82, 2.24) is 14.9 Å². The summed E-state index contributed by atoms with van der Waals surface area (Å²) >= 11 is 1.07. The summed E-state index contributed by atoms with van der Waals surface area (Å²) in [6, 6.07) is 0. The van der Waals surface area contributed by atoms with Crippen LogP contribution in [0, 0.1) is 5.92 Å². The molecule has 0 saturated heterocycles. The van der Waals surface area contributed by atoms with Gasteiger partial charge < -0.3 is 5.32 Å². The van der Waals surface area contributed by atoms with E-state index in [0.29, 0.717) is 22.7 Å². The Morgan fingerprint density at radius 2 is 2.26 bits per heavy atom. The normalized spacial score (nSPS) is 21.6. The number of aliphatic imine (C=N–C) groups is 1. The van der Waals surface area contributed by atoms with Gasteiger partial charge in [-0.2, -0.15) is 0 Å². The van der Waals surface area contributed by atoms with E-state index in [4.69, 9.17) is 0 Å². The van der Waals surface area contributed by atoms with Gasteiger partial charge in [-0.25, -0.2) is 4.99 Å². The van der Waals surface area contributed by atoms with Gasteiger partial charge in [0.25, 0.3) is 5.91 Å². The zero-order valence-electron chi connectivity index (χ0n) is 12.9. The van der Waals surface area contributed by atoms with Crippen molar-refractivity contribution in [3.8, 4) is 0 Å². The maximum Gasteiger partial charge on any atom is 0.291 e. The van der Waals surface area contributed by atoms with Crippen LogP contribution in [0.1, 0.15) is 35.6 Å². The van der Waals surface area contributed by atoms with Gasteiger partial charge in [0.15, 0.2) is 0 Å². The second kappa shape index (κ2) is 6.37. The number of hydrogen-bond donors (Lipinski definition) is 1. The molecule has 7 heteroatoms. The summed E-state index contributed by atoms with van der Waals surface area (Å²) in [5, 5.41) is 6.78. The van der Waals surface area contributed by atoms with Crippen LogP contribution >= 0.6 is 11.5 Å². The first-order valence-electron chi connectivity index (χ1n) is 7.41. The Hall–Kier alpha value is -2.41. The fourth-order valence-electron chi connectivity index (χ4n) is 2.59. The quantitative estimate of drug-likeness (QED) is 0.922. The zero-order chi connectivity index (χ0) is 16.4. The number of carbonyl (C=O) groups excluding carboxylic acids is 2. The molecule has 23 heavy (non-hydrogen) atoms. The molecule has 2 amide bonds. The van der Waals surface area contributed by atoms with E-state index in [1.54, 1.807) is 18.2 Å². The second-order valence-electron chi connectivity index (χ2n) is 5.45. The van der Waals surface area contributed by atoms with Crippen molar-refractivity contribution in [2.75, 3.05) is 0 Å². The number of amides is 2. The van der Waals surface area contributed by atoms with Crippen molar-refractivity contribution < 1.29 is 9.59 Å². The van der Waals surface area contributed by atoms with E-state index in [1.165, 1.54) is 0 Å². The molecular formula is C16H16N4O2S. The van der Waals surface area contributed by atoms with Gasteiger partial charge in [-0.1, -0.05) is 29.5 Å². The van der Waals surface area contributed by atoms with Gasteiger partial charge in [0.05, 0.1) is 11.4 Å². The van der Waals surface area contributed by atoms with Crippen LogP contribution < -0.4 is 5.32 Å². The molecule has 2 heterocycles. The minimum atomic E-state index is -0.340. The fourth-order valence-corrected chi connectivity index (χ4v) is 3.18. The summed E-state index contributed by atoms with van der Waals surface area (Å²) < 4.78 is 3.84. The van der Waals surface area contributed by atoms with E-state index in [2.05, 4.69) is 19.9 Å². The summed E-state index contributed by atoms with van der Waals surface area (Å²) in [6.07, 6.45) is 8.66. The highest BCUT2D eigenvalue weighted by atomic mass is 32.1. The zero-order valence-corrected chi connectivity index (χ0v) is 13.7. The van der Waals surface area contributed by atoms with Gasteiger partial charge in [0.2, 0.25) is 5.91 Å². The first-order chi connectivity index (χ1) is 11.1. The number of allylic oxidation sites excluding steroid dienone is 3.